The number of terminal acetylenes is 2. The van der Waals surface area contributed by atoms with Crippen molar-refractivity contribution in [1.29, 1.82) is 0 Å². The molecule has 0 saturated carbocycles. The summed E-state index contributed by atoms with van der Waals surface area (Å²) >= 11 is 0. The molecule has 0 bridgehead atoms. The fourth-order valence-corrected chi connectivity index (χ4v) is 2.79. The van der Waals surface area contributed by atoms with Crippen LogP contribution in [0.15, 0.2) is 0 Å². The molecule has 0 rings (SSSR count). The molecule has 3 nitrogen and oxygen atoms in total. The van der Waals surface area contributed by atoms with Crippen molar-refractivity contribution in [3.05, 3.63) is 0 Å². The van der Waals surface area contributed by atoms with Crippen LogP contribution in [0.5, 0.6) is 0 Å². The molecule has 0 amide bonds. The van der Waals surface area contributed by atoms with Gasteiger partial charge in [-0.25, -0.2) is 4.67 Å². The minimum absolute atomic E-state index is 0.242. The summed E-state index contributed by atoms with van der Waals surface area (Å²) < 4.78 is 13.2. The molecule has 0 aromatic carbocycles. The Kier molecular flexibility index (Phi) is 8.26. The van der Waals surface area contributed by atoms with Gasteiger partial charge in [-0.3, -0.25) is 0 Å². The average Bonchev–Trinajstić information content (AvgIpc) is 2.20. The minimum Gasteiger partial charge on any atom is -0.309 e. The van der Waals surface area contributed by atoms with Crippen molar-refractivity contribution >= 4 is 8.53 Å². The largest absolute Gasteiger partial charge is 0.309 e. The monoisotopic (exact) mass is 241 g/mol. The Hall–Kier alpha value is -0.570. The third-order valence-corrected chi connectivity index (χ3v) is 3.76. The molecule has 0 radical (unpaired) electrons. The molecule has 0 unspecified atom stereocenters. The van der Waals surface area contributed by atoms with E-state index in [2.05, 4.69) is 44.2 Å². The molecular weight excluding hydrogens is 221 g/mol. The second-order valence-electron chi connectivity index (χ2n) is 3.76. The Morgan fingerprint density at radius 2 is 1.38 bits per heavy atom. The first-order valence-corrected chi connectivity index (χ1v) is 6.38. The first-order chi connectivity index (χ1) is 7.54. The van der Waals surface area contributed by atoms with Gasteiger partial charge in [-0.05, 0) is 27.7 Å². The van der Waals surface area contributed by atoms with Gasteiger partial charge in [0.05, 0.1) is 0 Å². The zero-order chi connectivity index (χ0) is 12.6. The number of hydrogen-bond acceptors (Lipinski definition) is 3. The van der Waals surface area contributed by atoms with E-state index in [0.717, 1.165) is 0 Å². The van der Waals surface area contributed by atoms with Gasteiger partial charge in [-0.1, -0.05) is 11.8 Å². The molecule has 4 heteroatoms. The van der Waals surface area contributed by atoms with E-state index in [1.807, 2.05) is 0 Å². The van der Waals surface area contributed by atoms with Gasteiger partial charge < -0.3 is 9.05 Å². The van der Waals surface area contributed by atoms with Crippen LogP contribution in [0.2, 0.25) is 0 Å². The van der Waals surface area contributed by atoms with Gasteiger partial charge in [0.25, 0.3) is 8.53 Å². The van der Waals surface area contributed by atoms with Gasteiger partial charge >= 0.3 is 0 Å². The summed E-state index contributed by atoms with van der Waals surface area (Å²) in [5, 5.41) is 0. The van der Waals surface area contributed by atoms with Crippen LogP contribution >= 0.6 is 8.53 Å². The summed E-state index contributed by atoms with van der Waals surface area (Å²) in [7, 11) is -1.17. The summed E-state index contributed by atoms with van der Waals surface area (Å²) in [6.07, 6.45) is 10.4. The second kappa shape index (κ2) is 8.57. The van der Waals surface area contributed by atoms with Crippen LogP contribution in [0.3, 0.4) is 0 Å². The standard InChI is InChI=1S/C12H20NO2P/c1-7-9-14-16(15-10-8-2)13(11(3)4)12(5)6/h1-2,11-12H,9-10H2,3-6H3. The number of hydrogen-bond donors (Lipinski definition) is 0. The van der Waals surface area contributed by atoms with Crippen LogP contribution in [-0.4, -0.2) is 30.0 Å². The lowest BCUT2D eigenvalue weighted by Gasteiger charge is -2.34. The summed E-state index contributed by atoms with van der Waals surface area (Å²) in [6, 6.07) is 0.642. The van der Waals surface area contributed by atoms with E-state index >= 15 is 0 Å². The number of nitrogens with zero attached hydrogens (tertiary/aromatic N) is 1. The lowest BCUT2D eigenvalue weighted by atomic mass is 10.3. The first-order valence-electron chi connectivity index (χ1n) is 5.25. The van der Waals surface area contributed by atoms with Crippen molar-refractivity contribution in [3.63, 3.8) is 0 Å². The Morgan fingerprint density at radius 1 is 1.00 bits per heavy atom. The molecule has 0 saturated heterocycles. The zero-order valence-electron chi connectivity index (χ0n) is 10.4. The van der Waals surface area contributed by atoms with E-state index in [-0.39, 0.29) is 13.2 Å². The molecule has 0 aromatic rings. The molecule has 0 fully saturated rings. The zero-order valence-corrected chi connectivity index (χ0v) is 11.3. The van der Waals surface area contributed by atoms with Gasteiger partial charge in [0, 0.05) is 12.1 Å². The van der Waals surface area contributed by atoms with Gasteiger partial charge in [-0.15, -0.1) is 12.8 Å². The Bertz CT molecular complexity index is 239. The van der Waals surface area contributed by atoms with Crippen LogP contribution in [0.25, 0.3) is 0 Å². The van der Waals surface area contributed by atoms with Gasteiger partial charge in [-0.2, -0.15) is 0 Å². The Morgan fingerprint density at radius 3 is 1.62 bits per heavy atom. The van der Waals surface area contributed by atoms with E-state index in [9.17, 15) is 0 Å². The molecule has 0 aliphatic carbocycles. The molecule has 90 valence electrons. The minimum atomic E-state index is -1.17. The molecule has 16 heavy (non-hydrogen) atoms. The SMILES string of the molecule is C#CCOP(OCC#C)N(C(C)C)C(C)C. The first kappa shape index (κ1) is 15.4. The normalized spacial score (nSPS) is 11.1. The lowest BCUT2D eigenvalue weighted by Crippen LogP contribution is -2.33. The second-order valence-corrected chi connectivity index (χ2v) is 5.21. The van der Waals surface area contributed by atoms with Crippen LogP contribution in [0, 0.1) is 24.7 Å². The average molecular weight is 241 g/mol. The maximum Gasteiger partial charge on any atom is 0.261 e. The van der Waals surface area contributed by atoms with Crippen molar-refractivity contribution in [2.24, 2.45) is 0 Å². The molecule has 0 aromatic heterocycles. The molecule has 0 spiro atoms. The highest BCUT2D eigenvalue weighted by molar-refractivity contribution is 7.44. The predicted octanol–water partition coefficient (Wildman–Crippen LogP) is 2.63. The molecule has 0 aliphatic heterocycles. The van der Waals surface area contributed by atoms with E-state index in [0.29, 0.717) is 12.1 Å². The summed E-state index contributed by atoms with van der Waals surface area (Å²) in [6.45, 7) is 8.85. The quantitative estimate of drug-likeness (QED) is 0.505. The van der Waals surface area contributed by atoms with Crippen molar-refractivity contribution in [3.8, 4) is 24.7 Å². The van der Waals surface area contributed by atoms with Gasteiger partial charge in [0.1, 0.15) is 13.2 Å². The summed E-state index contributed by atoms with van der Waals surface area (Å²) in [5.41, 5.74) is 0. The van der Waals surface area contributed by atoms with E-state index in [1.165, 1.54) is 0 Å². The molecule has 0 aliphatic rings. The van der Waals surface area contributed by atoms with Crippen LogP contribution in [0.1, 0.15) is 27.7 Å². The molecule has 0 N–H and O–H groups in total. The lowest BCUT2D eigenvalue weighted by molar-refractivity contribution is 0.199. The predicted molar refractivity (Wildman–Crippen MR) is 68.6 cm³/mol. The van der Waals surface area contributed by atoms with Crippen LogP contribution in [0.4, 0.5) is 0 Å². The van der Waals surface area contributed by atoms with Gasteiger partial charge in [0.15, 0.2) is 0 Å². The maximum absolute atomic E-state index is 5.51. The molecule has 0 atom stereocenters. The molecule has 0 heterocycles. The highest BCUT2D eigenvalue weighted by Crippen LogP contribution is 2.45. The maximum atomic E-state index is 5.51. The third-order valence-electron chi connectivity index (χ3n) is 1.76. The third kappa shape index (κ3) is 5.50. The fourth-order valence-electron chi connectivity index (χ4n) is 1.33. The fraction of sp³-hybridized carbons (Fsp3) is 0.667. The van der Waals surface area contributed by atoms with Crippen LogP contribution in [-0.2, 0) is 9.05 Å². The molecular formula is C12H20NO2P. The van der Waals surface area contributed by atoms with Crippen LogP contribution < -0.4 is 0 Å². The Balaban J connectivity index is 4.55. The Labute approximate surface area is 100 Å². The summed E-state index contributed by atoms with van der Waals surface area (Å²) in [5.74, 6) is 4.89. The number of rotatable bonds is 7. The van der Waals surface area contributed by atoms with E-state index in [4.69, 9.17) is 21.9 Å². The highest BCUT2D eigenvalue weighted by atomic mass is 31.2. The van der Waals surface area contributed by atoms with Crippen molar-refractivity contribution in [1.82, 2.24) is 4.67 Å². The summed E-state index contributed by atoms with van der Waals surface area (Å²) in [4.78, 5) is 0. The van der Waals surface area contributed by atoms with E-state index < -0.39 is 8.53 Å². The van der Waals surface area contributed by atoms with Crippen molar-refractivity contribution in [2.45, 2.75) is 39.8 Å². The highest BCUT2D eigenvalue weighted by Gasteiger charge is 2.26. The van der Waals surface area contributed by atoms with Gasteiger partial charge in [0.2, 0.25) is 0 Å². The smallest absolute Gasteiger partial charge is 0.261 e. The topological polar surface area (TPSA) is 21.7 Å². The van der Waals surface area contributed by atoms with Crippen molar-refractivity contribution < 1.29 is 9.05 Å². The van der Waals surface area contributed by atoms with E-state index in [1.54, 1.807) is 0 Å². The van der Waals surface area contributed by atoms with Crippen molar-refractivity contribution in [2.75, 3.05) is 13.2 Å².